The highest BCUT2D eigenvalue weighted by atomic mass is 16.4. The van der Waals surface area contributed by atoms with Crippen LogP contribution in [0.3, 0.4) is 0 Å². The molecule has 0 aromatic rings. The van der Waals surface area contributed by atoms with Crippen LogP contribution < -0.4 is 16.0 Å². The number of carbonyl (C=O) groups is 4. The second-order valence-corrected chi connectivity index (χ2v) is 11.1. The average Bonchev–Trinajstić information content (AvgIpc) is 3.31. The molecule has 1 saturated heterocycles. The van der Waals surface area contributed by atoms with Crippen LogP contribution in [-0.2, 0) is 14.4 Å². The predicted octanol–water partition coefficient (Wildman–Crippen LogP) is 1.22. The van der Waals surface area contributed by atoms with Gasteiger partial charge in [-0.25, -0.2) is 4.79 Å². The van der Waals surface area contributed by atoms with Gasteiger partial charge in [0.1, 0.15) is 0 Å². The van der Waals surface area contributed by atoms with Crippen LogP contribution in [0, 0.1) is 17.3 Å². The zero-order valence-corrected chi connectivity index (χ0v) is 20.7. The molecule has 3 aliphatic rings. The van der Waals surface area contributed by atoms with Crippen LogP contribution in [0.4, 0.5) is 4.79 Å². The maximum Gasteiger partial charge on any atom is 0.406 e. The molecule has 5 N–H and O–H groups in total. The van der Waals surface area contributed by atoms with Gasteiger partial charge in [-0.1, -0.05) is 40.5 Å². The van der Waals surface area contributed by atoms with Gasteiger partial charge in [-0.15, -0.1) is 0 Å². The summed E-state index contributed by atoms with van der Waals surface area (Å²) in [6, 6.07) is -1.43. The second kappa shape index (κ2) is 10.2. The minimum atomic E-state index is -1.60. The summed E-state index contributed by atoms with van der Waals surface area (Å²) >= 11 is 0. The molecule has 2 aliphatic carbocycles. The van der Waals surface area contributed by atoms with Gasteiger partial charge in [-0.3, -0.25) is 24.6 Å². The third-order valence-corrected chi connectivity index (χ3v) is 7.72. The van der Waals surface area contributed by atoms with Gasteiger partial charge in [0.05, 0.1) is 12.1 Å². The van der Waals surface area contributed by atoms with Crippen molar-refractivity contribution >= 4 is 24.2 Å². The van der Waals surface area contributed by atoms with E-state index >= 15 is 0 Å². The fraction of sp³-hybridized carbons (Fsp3) is 0.833. The Kier molecular flexibility index (Phi) is 7.92. The molecule has 3 rings (SSSR count). The molecule has 3 amide bonds. The summed E-state index contributed by atoms with van der Waals surface area (Å²) in [7, 11) is 0. The zero-order valence-electron chi connectivity index (χ0n) is 20.7. The van der Waals surface area contributed by atoms with Gasteiger partial charge in [0, 0.05) is 18.0 Å². The number of likely N-dealkylation sites (tertiary alicyclic amines) is 1. The Hall–Kier alpha value is -2.20. The minimum Gasteiger partial charge on any atom is -0.465 e. The van der Waals surface area contributed by atoms with Gasteiger partial charge >= 0.3 is 6.09 Å². The number of rotatable bonds is 10. The molecule has 6 atom stereocenters. The van der Waals surface area contributed by atoms with Crippen molar-refractivity contribution in [2.45, 2.75) is 103 Å². The maximum atomic E-state index is 13.7. The summed E-state index contributed by atoms with van der Waals surface area (Å²) in [6.07, 6.45) is 3.40. The number of hydrogen-bond acceptors (Lipinski definition) is 6. The first-order valence-corrected chi connectivity index (χ1v) is 12.5. The molecular weight excluding hydrogens is 440 g/mol. The van der Waals surface area contributed by atoms with Crippen LogP contribution in [0.5, 0.6) is 0 Å². The molecule has 0 spiro atoms. The lowest BCUT2D eigenvalue weighted by Gasteiger charge is -2.49. The molecule has 192 valence electrons. The Labute approximate surface area is 201 Å². The van der Waals surface area contributed by atoms with Crippen molar-refractivity contribution in [3.63, 3.8) is 0 Å². The summed E-state index contributed by atoms with van der Waals surface area (Å²) in [5, 5.41) is 28.4. The van der Waals surface area contributed by atoms with Crippen molar-refractivity contribution in [3.8, 4) is 0 Å². The highest BCUT2D eigenvalue weighted by Crippen LogP contribution is 2.47. The van der Waals surface area contributed by atoms with Gasteiger partial charge in [0.2, 0.25) is 5.91 Å². The Morgan fingerprint density at radius 1 is 1.15 bits per heavy atom. The highest BCUT2D eigenvalue weighted by molar-refractivity contribution is 5.87. The molecule has 34 heavy (non-hydrogen) atoms. The Bertz CT molecular complexity index is 795. The molecule has 0 bridgehead atoms. The monoisotopic (exact) mass is 480 g/mol. The number of aliphatic hydroxyl groups excluding tert-OH is 1. The third-order valence-electron chi connectivity index (χ3n) is 7.72. The van der Waals surface area contributed by atoms with E-state index in [1.54, 1.807) is 25.7 Å². The van der Waals surface area contributed by atoms with Crippen LogP contribution in [0.15, 0.2) is 0 Å². The Morgan fingerprint density at radius 2 is 1.82 bits per heavy atom. The number of nitrogens with zero attached hydrogens (tertiary/aromatic N) is 1. The van der Waals surface area contributed by atoms with Gasteiger partial charge in [0.15, 0.2) is 18.1 Å². The van der Waals surface area contributed by atoms with E-state index in [-0.39, 0.29) is 23.8 Å². The predicted molar refractivity (Wildman–Crippen MR) is 125 cm³/mol. The first kappa shape index (κ1) is 26.4. The van der Waals surface area contributed by atoms with E-state index in [9.17, 15) is 29.4 Å². The summed E-state index contributed by atoms with van der Waals surface area (Å²) in [6.45, 7) is 7.64. The fourth-order valence-electron chi connectivity index (χ4n) is 5.72. The summed E-state index contributed by atoms with van der Waals surface area (Å²) < 4.78 is 0. The molecule has 1 heterocycles. The second-order valence-electron chi connectivity index (χ2n) is 11.1. The summed E-state index contributed by atoms with van der Waals surface area (Å²) in [5.74, 6) is -0.737. The first-order valence-electron chi connectivity index (χ1n) is 12.5. The van der Waals surface area contributed by atoms with E-state index < -0.39 is 41.3 Å². The molecule has 2 saturated carbocycles. The van der Waals surface area contributed by atoms with Crippen LogP contribution in [0.25, 0.3) is 0 Å². The van der Waals surface area contributed by atoms with Crippen LogP contribution >= 0.6 is 0 Å². The highest BCUT2D eigenvalue weighted by Gasteiger charge is 2.59. The lowest BCUT2D eigenvalue weighted by atomic mass is 9.79. The zero-order chi connectivity index (χ0) is 25.3. The fourth-order valence-corrected chi connectivity index (χ4v) is 5.72. The van der Waals surface area contributed by atoms with E-state index in [1.807, 2.05) is 6.92 Å². The third kappa shape index (κ3) is 5.22. The topological polar surface area (TPSA) is 148 Å². The molecule has 2 unspecified atom stereocenters. The van der Waals surface area contributed by atoms with Crippen LogP contribution in [-0.4, -0.2) is 75.7 Å². The van der Waals surface area contributed by atoms with Crippen LogP contribution in [0.2, 0.25) is 0 Å². The van der Waals surface area contributed by atoms with Crippen molar-refractivity contribution < 1.29 is 29.4 Å². The van der Waals surface area contributed by atoms with E-state index in [1.165, 1.54) is 0 Å². The van der Waals surface area contributed by atoms with E-state index in [2.05, 4.69) is 16.0 Å². The normalized spacial score (nSPS) is 28.3. The lowest BCUT2D eigenvalue weighted by molar-refractivity contribution is -0.141. The molecule has 0 aromatic heterocycles. The van der Waals surface area contributed by atoms with E-state index in [4.69, 9.17) is 0 Å². The van der Waals surface area contributed by atoms with E-state index in [0.717, 1.165) is 32.1 Å². The maximum absolute atomic E-state index is 13.7. The molecule has 1 aliphatic heterocycles. The molecule has 0 aromatic carbocycles. The molecule has 10 heteroatoms. The standard InChI is InChI=1S/C24H40N4O6/c1-5-7-17(19(30)21(32)25-15-10-11-15)26-20(31)18-16-9-6-8-14(16)12-28(18)24(13-29,23(2,3)4)27-22(33)34/h13-19,27,30H,5-12H2,1-4H3,(H,25,32)(H,26,31)(H,33,34)/t14-,16-,17-,18?,19?,24-/m0/s1. The molecule has 10 nitrogen and oxygen atoms in total. The number of aldehydes is 1. The smallest absolute Gasteiger partial charge is 0.406 e. The first-order chi connectivity index (χ1) is 15.9. The number of carbonyl (C=O) groups excluding carboxylic acids is 3. The number of hydrogen-bond donors (Lipinski definition) is 5. The Balaban J connectivity index is 1.89. The number of aliphatic hydroxyl groups is 1. The van der Waals surface area contributed by atoms with Crippen molar-refractivity contribution in [2.24, 2.45) is 17.3 Å². The van der Waals surface area contributed by atoms with Gasteiger partial charge in [0.25, 0.3) is 5.91 Å². The van der Waals surface area contributed by atoms with Crippen molar-refractivity contribution in [3.05, 3.63) is 0 Å². The van der Waals surface area contributed by atoms with Gasteiger partial charge in [-0.2, -0.15) is 0 Å². The SMILES string of the molecule is CCC[C@H](NC(=O)C1[C@H]2CCC[C@H]2CN1[C@](C=O)(NC(=O)O)C(C)(C)C)C(O)C(=O)NC1CC1. The number of nitrogens with one attached hydrogen (secondary N) is 3. The summed E-state index contributed by atoms with van der Waals surface area (Å²) in [4.78, 5) is 52.2. The van der Waals surface area contributed by atoms with Crippen molar-refractivity contribution in [1.29, 1.82) is 0 Å². The lowest BCUT2D eigenvalue weighted by Crippen LogP contribution is -2.71. The number of fused-ring (bicyclic) bond motifs is 1. The van der Waals surface area contributed by atoms with Crippen LogP contribution in [0.1, 0.15) is 72.6 Å². The van der Waals surface area contributed by atoms with Gasteiger partial charge in [-0.05, 0) is 43.9 Å². The minimum absolute atomic E-state index is 0.0306. The molecular formula is C24H40N4O6. The largest absolute Gasteiger partial charge is 0.465 e. The van der Waals surface area contributed by atoms with Crippen molar-refractivity contribution in [1.82, 2.24) is 20.9 Å². The summed E-state index contributed by atoms with van der Waals surface area (Å²) in [5.41, 5.74) is -2.44. The Morgan fingerprint density at radius 3 is 2.35 bits per heavy atom. The quantitative estimate of drug-likeness (QED) is 0.295. The number of carboxylic acid groups (broad SMARTS) is 1. The average molecular weight is 481 g/mol. The van der Waals surface area contributed by atoms with Crippen molar-refractivity contribution in [2.75, 3.05) is 6.54 Å². The van der Waals surface area contributed by atoms with E-state index in [0.29, 0.717) is 25.7 Å². The molecule has 3 fully saturated rings. The number of amides is 3. The molecule has 0 radical (unpaired) electrons. The van der Waals surface area contributed by atoms with Gasteiger partial charge < -0.3 is 20.8 Å².